The van der Waals surface area contributed by atoms with Crippen LogP contribution in [0.25, 0.3) is 0 Å². The lowest BCUT2D eigenvalue weighted by atomic mass is 10.1. The van der Waals surface area contributed by atoms with Gasteiger partial charge in [-0.25, -0.2) is 4.79 Å². The molecule has 0 spiro atoms. The predicted molar refractivity (Wildman–Crippen MR) is 79.5 cm³/mol. The van der Waals surface area contributed by atoms with Crippen LogP contribution in [0.5, 0.6) is 0 Å². The molecule has 0 amide bonds. The molecule has 104 valence electrons. The van der Waals surface area contributed by atoms with Crippen LogP contribution in [0.4, 0.5) is 5.69 Å². The van der Waals surface area contributed by atoms with Gasteiger partial charge in [-0.05, 0) is 17.7 Å². The van der Waals surface area contributed by atoms with E-state index in [4.69, 9.17) is 10.5 Å². The van der Waals surface area contributed by atoms with Gasteiger partial charge in [-0.1, -0.05) is 42.5 Å². The van der Waals surface area contributed by atoms with Crippen molar-refractivity contribution in [3.05, 3.63) is 65.7 Å². The number of esters is 1. The monoisotopic (exact) mass is 270 g/mol. The van der Waals surface area contributed by atoms with Crippen molar-refractivity contribution in [2.24, 2.45) is 5.73 Å². The summed E-state index contributed by atoms with van der Waals surface area (Å²) in [6, 6.07) is 17.3. The number of benzene rings is 2. The summed E-state index contributed by atoms with van der Waals surface area (Å²) in [5.41, 5.74) is 7.77. The lowest BCUT2D eigenvalue weighted by molar-refractivity contribution is 0.0518. The number of hydrogen-bond donors (Lipinski definition) is 2. The molecule has 0 unspecified atom stereocenters. The van der Waals surface area contributed by atoms with Crippen LogP contribution in [0.15, 0.2) is 54.6 Å². The van der Waals surface area contributed by atoms with Crippen molar-refractivity contribution in [3.63, 3.8) is 0 Å². The largest absolute Gasteiger partial charge is 0.461 e. The molecular formula is C16H18N2O2. The summed E-state index contributed by atoms with van der Waals surface area (Å²) in [6.45, 7) is 1.21. The molecule has 0 heterocycles. The van der Waals surface area contributed by atoms with Gasteiger partial charge in [-0.15, -0.1) is 0 Å². The van der Waals surface area contributed by atoms with Crippen LogP contribution in [0.1, 0.15) is 15.9 Å². The minimum Gasteiger partial charge on any atom is -0.461 e. The Balaban J connectivity index is 2.06. The minimum atomic E-state index is -0.355. The zero-order valence-electron chi connectivity index (χ0n) is 11.2. The molecule has 2 aromatic carbocycles. The molecule has 0 aliphatic rings. The van der Waals surface area contributed by atoms with Gasteiger partial charge in [-0.2, -0.15) is 0 Å². The molecule has 4 nitrogen and oxygen atoms in total. The van der Waals surface area contributed by atoms with Crippen molar-refractivity contribution in [2.75, 3.05) is 18.5 Å². The van der Waals surface area contributed by atoms with Crippen LogP contribution in [0.3, 0.4) is 0 Å². The molecule has 0 aliphatic heterocycles. The third-order valence-electron chi connectivity index (χ3n) is 2.82. The van der Waals surface area contributed by atoms with Gasteiger partial charge in [0.05, 0.1) is 5.56 Å². The summed E-state index contributed by atoms with van der Waals surface area (Å²) in [5, 5.41) is 3.25. The van der Waals surface area contributed by atoms with Crippen LogP contribution >= 0.6 is 0 Å². The number of anilines is 1. The van der Waals surface area contributed by atoms with Gasteiger partial charge in [0.2, 0.25) is 0 Å². The molecule has 0 aromatic heterocycles. The van der Waals surface area contributed by atoms with Crippen molar-refractivity contribution in [2.45, 2.75) is 6.54 Å². The molecule has 0 saturated carbocycles. The van der Waals surface area contributed by atoms with E-state index in [1.54, 1.807) is 6.07 Å². The fourth-order valence-corrected chi connectivity index (χ4v) is 1.84. The summed E-state index contributed by atoms with van der Waals surface area (Å²) in [4.78, 5) is 11.9. The lowest BCUT2D eigenvalue weighted by Crippen LogP contribution is -2.15. The smallest absolute Gasteiger partial charge is 0.340 e. The third kappa shape index (κ3) is 3.83. The topological polar surface area (TPSA) is 64.3 Å². The molecule has 0 atom stereocenters. The van der Waals surface area contributed by atoms with Gasteiger partial charge in [0.15, 0.2) is 0 Å². The van der Waals surface area contributed by atoms with E-state index in [-0.39, 0.29) is 12.6 Å². The van der Waals surface area contributed by atoms with Gasteiger partial charge >= 0.3 is 5.97 Å². The molecule has 0 aliphatic carbocycles. The summed E-state index contributed by atoms with van der Waals surface area (Å²) in [5.74, 6) is -0.355. The van der Waals surface area contributed by atoms with E-state index < -0.39 is 0 Å². The normalized spacial score (nSPS) is 10.1. The summed E-state index contributed by atoms with van der Waals surface area (Å²) in [7, 11) is 0. The second-order valence-corrected chi connectivity index (χ2v) is 4.31. The number of hydrogen-bond acceptors (Lipinski definition) is 4. The highest BCUT2D eigenvalue weighted by Gasteiger charge is 2.11. The Kier molecular flexibility index (Phi) is 5.15. The Hall–Kier alpha value is -2.33. The Morgan fingerprint density at radius 1 is 1.05 bits per heavy atom. The first-order valence-corrected chi connectivity index (χ1v) is 6.55. The zero-order chi connectivity index (χ0) is 14.2. The lowest BCUT2D eigenvalue weighted by Gasteiger charge is -2.11. The summed E-state index contributed by atoms with van der Waals surface area (Å²) in [6.07, 6.45) is 0. The zero-order valence-corrected chi connectivity index (χ0v) is 11.2. The molecular weight excluding hydrogens is 252 g/mol. The van der Waals surface area contributed by atoms with Gasteiger partial charge < -0.3 is 15.8 Å². The fraction of sp³-hybridized carbons (Fsp3) is 0.188. The summed E-state index contributed by atoms with van der Waals surface area (Å²) < 4.78 is 5.07. The number of ether oxygens (including phenoxy) is 1. The maximum Gasteiger partial charge on any atom is 0.340 e. The second-order valence-electron chi connectivity index (χ2n) is 4.31. The van der Waals surface area contributed by atoms with E-state index in [0.717, 1.165) is 11.3 Å². The SMILES string of the molecule is NCCOC(=O)c1ccccc1NCc1ccccc1. The molecule has 0 fully saturated rings. The summed E-state index contributed by atoms with van der Waals surface area (Å²) >= 11 is 0. The van der Waals surface area contributed by atoms with Crippen molar-refractivity contribution in [1.82, 2.24) is 0 Å². The second kappa shape index (κ2) is 7.31. The highest BCUT2D eigenvalue weighted by Crippen LogP contribution is 2.17. The van der Waals surface area contributed by atoms with Gasteiger partial charge in [0.25, 0.3) is 0 Å². The molecule has 20 heavy (non-hydrogen) atoms. The number of carbonyl (C=O) groups excluding carboxylic acids is 1. The molecule has 0 bridgehead atoms. The van der Waals surface area contributed by atoms with Crippen LogP contribution in [-0.4, -0.2) is 19.1 Å². The predicted octanol–water partition coefficient (Wildman–Crippen LogP) is 2.41. The maximum atomic E-state index is 11.9. The molecule has 2 aromatic rings. The van der Waals surface area contributed by atoms with E-state index in [1.165, 1.54) is 0 Å². The van der Waals surface area contributed by atoms with Gasteiger partial charge in [-0.3, -0.25) is 0 Å². The highest BCUT2D eigenvalue weighted by atomic mass is 16.5. The van der Waals surface area contributed by atoms with Crippen LogP contribution < -0.4 is 11.1 Å². The van der Waals surface area contributed by atoms with Crippen LogP contribution in [-0.2, 0) is 11.3 Å². The van der Waals surface area contributed by atoms with Crippen molar-refractivity contribution < 1.29 is 9.53 Å². The van der Waals surface area contributed by atoms with Crippen molar-refractivity contribution >= 4 is 11.7 Å². The van der Waals surface area contributed by atoms with E-state index >= 15 is 0 Å². The average molecular weight is 270 g/mol. The maximum absolute atomic E-state index is 11.9. The Bertz CT molecular complexity index is 555. The first kappa shape index (κ1) is 14.1. The third-order valence-corrected chi connectivity index (χ3v) is 2.82. The molecule has 4 heteroatoms. The Morgan fingerprint density at radius 3 is 2.50 bits per heavy atom. The van der Waals surface area contributed by atoms with E-state index in [9.17, 15) is 4.79 Å². The van der Waals surface area contributed by atoms with E-state index in [0.29, 0.717) is 18.7 Å². The average Bonchev–Trinajstić information content (AvgIpc) is 2.52. The first-order valence-electron chi connectivity index (χ1n) is 6.55. The molecule has 3 N–H and O–H groups in total. The number of nitrogens with two attached hydrogens (primary N) is 1. The minimum absolute atomic E-state index is 0.228. The first-order chi connectivity index (χ1) is 9.81. The van der Waals surface area contributed by atoms with E-state index in [2.05, 4.69) is 5.32 Å². The fourth-order valence-electron chi connectivity index (χ4n) is 1.84. The van der Waals surface area contributed by atoms with Crippen LogP contribution in [0.2, 0.25) is 0 Å². The Labute approximate surface area is 118 Å². The highest BCUT2D eigenvalue weighted by molar-refractivity contribution is 5.95. The molecule has 2 rings (SSSR count). The Morgan fingerprint density at radius 2 is 1.75 bits per heavy atom. The standard InChI is InChI=1S/C16H18N2O2/c17-10-11-20-16(19)14-8-4-5-9-15(14)18-12-13-6-2-1-3-7-13/h1-9,18H,10-12,17H2. The quantitative estimate of drug-likeness (QED) is 0.791. The molecule has 0 radical (unpaired) electrons. The van der Waals surface area contributed by atoms with Crippen molar-refractivity contribution in [1.29, 1.82) is 0 Å². The van der Waals surface area contributed by atoms with E-state index in [1.807, 2.05) is 48.5 Å². The number of nitrogens with one attached hydrogen (secondary N) is 1. The van der Waals surface area contributed by atoms with Gasteiger partial charge in [0, 0.05) is 18.8 Å². The van der Waals surface area contributed by atoms with Crippen molar-refractivity contribution in [3.8, 4) is 0 Å². The van der Waals surface area contributed by atoms with Gasteiger partial charge in [0.1, 0.15) is 6.61 Å². The number of carbonyl (C=O) groups is 1. The van der Waals surface area contributed by atoms with Crippen LogP contribution in [0, 0.1) is 0 Å². The molecule has 0 saturated heterocycles. The number of para-hydroxylation sites is 1. The number of rotatable bonds is 6.